The van der Waals surface area contributed by atoms with Crippen LogP contribution in [0, 0.1) is 0 Å². The molecule has 5 rings (SSSR count). The molecule has 4 heteroatoms. The average molecular weight is 441 g/mol. The summed E-state index contributed by atoms with van der Waals surface area (Å²) < 4.78 is 0. The lowest BCUT2D eigenvalue weighted by atomic mass is 9.63. The van der Waals surface area contributed by atoms with Crippen molar-refractivity contribution in [3.8, 4) is 11.3 Å². The van der Waals surface area contributed by atoms with Crippen molar-refractivity contribution in [1.29, 1.82) is 0 Å². The molecule has 2 N–H and O–H groups in total. The SMILES string of the molecule is OB(O)c1ccc(C(c2ccccc2)(c2ccccc2)c2ccccc2)cc1-c1ccccn1. The van der Waals surface area contributed by atoms with Gasteiger partial charge < -0.3 is 10.0 Å². The summed E-state index contributed by atoms with van der Waals surface area (Å²) in [7, 11) is -1.61. The van der Waals surface area contributed by atoms with Crippen LogP contribution in [-0.2, 0) is 5.41 Å². The van der Waals surface area contributed by atoms with Crippen LogP contribution in [0.1, 0.15) is 22.3 Å². The molecule has 4 aromatic carbocycles. The monoisotopic (exact) mass is 441 g/mol. The van der Waals surface area contributed by atoms with Crippen molar-refractivity contribution in [2.75, 3.05) is 0 Å². The Morgan fingerprint density at radius 1 is 0.529 bits per heavy atom. The molecule has 0 unspecified atom stereocenters. The number of nitrogens with zero attached hydrogens (tertiary/aromatic N) is 1. The van der Waals surface area contributed by atoms with Crippen LogP contribution < -0.4 is 5.46 Å². The fourth-order valence-corrected chi connectivity index (χ4v) is 4.82. The first-order valence-corrected chi connectivity index (χ1v) is 11.3. The summed E-state index contributed by atoms with van der Waals surface area (Å²) in [5.74, 6) is 0. The number of benzene rings is 4. The molecule has 0 aliphatic rings. The second-order valence-corrected chi connectivity index (χ2v) is 8.24. The van der Waals surface area contributed by atoms with Crippen LogP contribution >= 0.6 is 0 Å². The summed E-state index contributed by atoms with van der Waals surface area (Å²) in [6.45, 7) is 0. The highest BCUT2D eigenvalue weighted by molar-refractivity contribution is 6.60. The van der Waals surface area contributed by atoms with Gasteiger partial charge in [-0.25, -0.2) is 0 Å². The molecule has 0 bridgehead atoms. The van der Waals surface area contributed by atoms with Crippen LogP contribution in [0.3, 0.4) is 0 Å². The van der Waals surface area contributed by atoms with Gasteiger partial charge in [0.15, 0.2) is 0 Å². The first-order valence-electron chi connectivity index (χ1n) is 11.3. The fourth-order valence-electron chi connectivity index (χ4n) is 4.82. The van der Waals surface area contributed by atoms with Crippen LogP contribution in [0.5, 0.6) is 0 Å². The Hall–Kier alpha value is -3.99. The van der Waals surface area contributed by atoms with E-state index in [2.05, 4.69) is 77.8 Å². The van der Waals surface area contributed by atoms with E-state index < -0.39 is 12.5 Å². The zero-order chi connectivity index (χ0) is 23.4. The Morgan fingerprint density at radius 3 is 1.47 bits per heavy atom. The van der Waals surface area contributed by atoms with E-state index in [0.717, 1.165) is 22.3 Å². The molecule has 3 nitrogen and oxygen atoms in total. The zero-order valence-electron chi connectivity index (χ0n) is 18.6. The third kappa shape index (κ3) is 3.84. The predicted molar refractivity (Wildman–Crippen MR) is 138 cm³/mol. The normalized spacial score (nSPS) is 11.2. The van der Waals surface area contributed by atoms with Crippen LogP contribution in [-0.4, -0.2) is 22.2 Å². The standard InChI is InChI=1S/C30H24BNO2/c33-31(34)28-20-19-26(22-27(28)29-18-10-11-21-32-29)30(23-12-4-1-5-13-23,24-14-6-2-7-15-24)25-16-8-3-9-17-25/h1-22,33-34H. The van der Waals surface area contributed by atoms with Gasteiger partial charge in [-0.1, -0.05) is 109 Å². The first kappa shape index (κ1) is 21.8. The van der Waals surface area contributed by atoms with Crippen molar-refractivity contribution in [2.24, 2.45) is 0 Å². The van der Waals surface area contributed by atoms with Gasteiger partial charge in [0.25, 0.3) is 0 Å². The van der Waals surface area contributed by atoms with E-state index in [1.165, 1.54) is 0 Å². The van der Waals surface area contributed by atoms with Gasteiger partial charge in [0.1, 0.15) is 0 Å². The topological polar surface area (TPSA) is 53.4 Å². The zero-order valence-corrected chi connectivity index (χ0v) is 18.6. The molecule has 1 aromatic heterocycles. The number of hydrogen-bond donors (Lipinski definition) is 2. The third-order valence-electron chi connectivity index (χ3n) is 6.33. The Balaban J connectivity index is 1.89. The van der Waals surface area contributed by atoms with Crippen molar-refractivity contribution in [2.45, 2.75) is 5.41 Å². The van der Waals surface area contributed by atoms with Gasteiger partial charge in [-0.05, 0) is 45.9 Å². The Bertz CT molecular complexity index is 1260. The summed E-state index contributed by atoms with van der Waals surface area (Å²) in [5, 5.41) is 20.3. The van der Waals surface area contributed by atoms with Crippen molar-refractivity contribution in [3.63, 3.8) is 0 Å². The average Bonchev–Trinajstić information content (AvgIpc) is 2.91. The molecular weight excluding hydrogens is 417 g/mol. The maximum Gasteiger partial charge on any atom is 0.489 e. The molecular formula is C30H24BNO2. The summed E-state index contributed by atoms with van der Waals surface area (Å²) >= 11 is 0. The molecule has 1 heterocycles. The van der Waals surface area contributed by atoms with Crippen molar-refractivity contribution in [1.82, 2.24) is 4.98 Å². The summed E-state index contributed by atoms with van der Waals surface area (Å²) in [4.78, 5) is 4.51. The molecule has 0 fully saturated rings. The van der Waals surface area contributed by atoms with Gasteiger partial charge >= 0.3 is 7.12 Å². The fraction of sp³-hybridized carbons (Fsp3) is 0.0333. The largest absolute Gasteiger partial charge is 0.489 e. The summed E-state index contributed by atoms with van der Waals surface area (Å²) in [6, 6.07) is 42.8. The first-order chi connectivity index (χ1) is 16.7. The van der Waals surface area contributed by atoms with Crippen molar-refractivity contribution < 1.29 is 10.0 Å². The van der Waals surface area contributed by atoms with Crippen LogP contribution in [0.15, 0.2) is 134 Å². The molecule has 0 aliphatic heterocycles. The molecule has 164 valence electrons. The Labute approximate surface area is 200 Å². The van der Waals surface area contributed by atoms with E-state index in [0.29, 0.717) is 16.7 Å². The molecule has 0 aliphatic carbocycles. The predicted octanol–water partition coefficient (Wildman–Crippen LogP) is 4.81. The molecule has 0 saturated heterocycles. The molecule has 0 atom stereocenters. The van der Waals surface area contributed by atoms with Crippen LogP contribution in [0.2, 0.25) is 0 Å². The highest BCUT2D eigenvalue weighted by Crippen LogP contribution is 2.45. The van der Waals surface area contributed by atoms with E-state index in [1.54, 1.807) is 12.3 Å². The molecule has 5 aromatic rings. The molecule has 0 spiro atoms. The van der Waals surface area contributed by atoms with Gasteiger partial charge in [0.2, 0.25) is 0 Å². The van der Waals surface area contributed by atoms with Crippen LogP contribution in [0.25, 0.3) is 11.3 Å². The Kier molecular flexibility index (Phi) is 6.09. The van der Waals surface area contributed by atoms with E-state index in [4.69, 9.17) is 0 Å². The number of hydrogen-bond acceptors (Lipinski definition) is 3. The highest BCUT2D eigenvalue weighted by Gasteiger charge is 2.39. The minimum absolute atomic E-state index is 0.422. The molecule has 0 radical (unpaired) electrons. The van der Waals surface area contributed by atoms with Crippen LogP contribution in [0.4, 0.5) is 0 Å². The lowest BCUT2D eigenvalue weighted by Gasteiger charge is -2.37. The van der Waals surface area contributed by atoms with E-state index in [1.807, 2.05) is 48.5 Å². The molecule has 0 saturated carbocycles. The maximum atomic E-state index is 10.1. The maximum absolute atomic E-state index is 10.1. The lowest BCUT2D eigenvalue weighted by molar-refractivity contribution is 0.426. The molecule has 34 heavy (non-hydrogen) atoms. The smallest absolute Gasteiger partial charge is 0.423 e. The number of rotatable bonds is 6. The Morgan fingerprint density at radius 2 is 1.03 bits per heavy atom. The van der Waals surface area contributed by atoms with E-state index in [-0.39, 0.29) is 0 Å². The number of pyridine rings is 1. The summed E-state index contributed by atoms with van der Waals surface area (Å²) in [5.41, 5.74) is 5.57. The van der Waals surface area contributed by atoms with E-state index >= 15 is 0 Å². The second kappa shape index (κ2) is 9.48. The minimum atomic E-state index is -1.61. The molecule has 0 amide bonds. The van der Waals surface area contributed by atoms with Gasteiger partial charge in [0.05, 0.1) is 11.1 Å². The minimum Gasteiger partial charge on any atom is -0.423 e. The highest BCUT2D eigenvalue weighted by atomic mass is 16.4. The third-order valence-corrected chi connectivity index (χ3v) is 6.33. The van der Waals surface area contributed by atoms with Crippen molar-refractivity contribution >= 4 is 12.6 Å². The van der Waals surface area contributed by atoms with Crippen molar-refractivity contribution in [3.05, 3.63) is 156 Å². The quantitative estimate of drug-likeness (QED) is 0.294. The number of aromatic nitrogens is 1. The van der Waals surface area contributed by atoms with E-state index in [9.17, 15) is 10.0 Å². The van der Waals surface area contributed by atoms with Gasteiger partial charge in [-0.15, -0.1) is 0 Å². The lowest BCUT2D eigenvalue weighted by Crippen LogP contribution is -2.35. The van der Waals surface area contributed by atoms with Gasteiger partial charge in [-0.3, -0.25) is 4.98 Å². The summed E-state index contributed by atoms with van der Waals surface area (Å²) in [6.07, 6.45) is 1.72. The van der Waals surface area contributed by atoms with Gasteiger partial charge in [0, 0.05) is 11.8 Å². The second-order valence-electron chi connectivity index (χ2n) is 8.24. The van der Waals surface area contributed by atoms with Gasteiger partial charge in [-0.2, -0.15) is 0 Å².